The number of anilines is 2. The van der Waals surface area contributed by atoms with E-state index in [1.807, 2.05) is 0 Å². The molecule has 2 rings (SSSR count). The number of sulfone groups is 1. The number of nitrogens with two attached hydrogens (primary N) is 1. The van der Waals surface area contributed by atoms with Gasteiger partial charge >= 0.3 is 0 Å². The summed E-state index contributed by atoms with van der Waals surface area (Å²) in [6.45, 7) is 0. The lowest BCUT2D eigenvalue weighted by Crippen LogP contribution is -2.07. The van der Waals surface area contributed by atoms with Gasteiger partial charge in [0.05, 0.1) is 5.69 Å². The van der Waals surface area contributed by atoms with E-state index >= 15 is 0 Å². The van der Waals surface area contributed by atoms with Crippen LogP contribution in [0.3, 0.4) is 0 Å². The Morgan fingerprint density at radius 1 is 1.24 bits per heavy atom. The lowest BCUT2D eigenvalue weighted by Gasteiger charge is -2.05. The summed E-state index contributed by atoms with van der Waals surface area (Å²) in [6.07, 6.45) is 0.914. The van der Waals surface area contributed by atoms with Crippen molar-refractivity contribution in [1.82, 2.24) is 9.78 Å². The molecular weight excluding hydrogens is 309 g/mol. The maximum atomic E-state index is 13.2. The Morgan fingerprint density at radius 2 is 1.76 bits per heavy atom. The average Bonchev–Trinajstić information content (AvgIpc) is 2.72. The number of hydrogen-bond donors (Lipinski definition) is 2. The third-order valence-electron chi connectivity index (χ3n) is 2.70. The fourth-order valence-electron chi connectivity index (χ4n) is 1.81. The molecule has 0 aliphatic carbocycles. The standard InChI is InChI=1S/C11H11F3N4O2S/c1-16-11-9(21(2,19)20)10(15)18(17-11)5-3-6(12)8(14)7(13)4-5/h3-4H,15H2,1-2H3,(H,16,17). The Bertz CT molecular complexity index is 794. The molecule has 0 bridgehead atoms. The maximum absolute atomic E-state index is 13.2. The Hall–Kier alpha value is -2.23. The van der Waals surface area contributed by atoms with Gasteiger partial charge in [-0.1, -0.05) is 0 Å². The summed E-state index contributed by atoms with van der Waals surface area (Å²) in [6, 6.07) is 1.32. The van der Waals surface area contributed by atoms with Crippen molar-refractivity contribution >= 4 is 21.5 Å². The molecule has 0 aliphatic heterocycles. The fourth-order valence-corrected chi connectivity index (χ4v) is 2.77. The largest absolute Gasteiger partial charge is 0.382 e. The van der Waals surface area contributed by atoms with Gasteiger partial charge in [-0.2, -0.15) is 0 Å². The predicted octanol–water partition coefficient (Wildman–Crippen LogP) is 1.32. The Labute approximate surface area is 118 Å². The van der Waals surface area contributed by atoms with E-state index in [9.17, 15) is 21.6 Å². The van der Waals surface area contributed by atoms with Gasteiger partial charge in [-0.05, 0) is 0 Å². The summed E-state index contributed by atoms with van der Waals surface area (Å²) in [4.78, 5) is -0.310. The Kier molecular flexibility index (Phi) is 3.58. The van der Waals surface area contributed by atoms with Crippen LogP contribution in [0.4, 0.5) is 24.8 Å². The van der Waals surface area contributed by atoms with E-state index in [4.69, 9.17) is 5.73 Å². The molecular formula is C11H11F3N4O2S. The molecule has 0 aliphatic rings. The summed E-state index contributed by atoms with van der Waals surface area (Å²) in [5.74, 6) is -4.94. The molecule has 0 spiro atoms. The minimum absolute atomic E-state index is 0.0832. The molecule has 1 aromatic carbocycles. The van der Waals surface area contributed by atoms with Crippen LogP contribution in [0.1, 0.15) is 0 Å². The molecule has 0 amide bonds. The summed E-state index contributed by atoms with van der Waals surface area (Å²) in [5.41, 5.74) is 5.44. The smallest absolute Gasteiger partial charge is 0.194 e. The number of rotatable bonds is 3. The van der Waals surface area contributed by atoms with E-state index in [1.165, 1.54) is 7.05 Å². The van der Waals surface area contributed by atoms with Gasteiger partial charge in [-0.3, -0.25) is 0 Å². The van der Waals surface area contributed by atoms with E-state index in [-0.39, 0.29) is 22.2 Å². The fraction of sp³-hybridized carbons (Fsp3) is 0.182. The Balaban J connectivity index is 2.75. The van der Waals surface area contributed by atoms with Gasteiger partial charge < -0.3 is 11.1 Å². The van der Waals surface area contributed by atoms with Gasteiger partial charge in [-0.25, -0.2) is 26.3 Å². The summed E-state index contributed by atoms with van der Waals surface area (Å²) in [7, 11) is -2.31. The topological polar surface area (TPSA) is 90.0 Å². The van der Waals surface area contributed by atoms with Gasteiger partial charge in [0.1, 0.15) is 5.82 Å². The molecule has 1 aromatic heterocycles. The number of halogens is 3. The molecule has 2 aromatic rings. The molecule has 21 heavy (non-hydrogen) atoms. The van der Waals surface area contributed by atoms with Crippen molar-refractivity contribution in [2.75, 3.05) is 24.4 Å². The zero-order chi connectivity index (χ0) is 15.9. The van der Waals surface area contributed by atoms with Crippen molar-refractivity contribution in [3.8, 4) is 5.69 Å². The van der Waals surface area contributed by atoms with Crippen LogP contribution in [0.15, 0.2) is 17.0 Å². The number of benzene rings is 1. The van der Waals surface area contributed by atoms with Crippen molar-refractivity contribution in [3.05, 3.63) is 29.6 Å². The number of nitrogens with zero attached hydrogens (tertiary/aromatic N) is 2. The molecule has 3 N–H and O–H groups in total. The molecule has 0 saturated carbocycles. The third-order valence-corrected chi connectivity index (χ3v) is 3.84. The molecule has 10 heteroatoms. The van der Waals surface area contributed by atoms with Gasteiger partial charge in [0.2, 0.25) is 0 Å². The van der Waals surface area contributed by atoms with E-state index in [1.54, 1.807) is 0 Å². The zero-order valence-corrected chi connectivity index (χ0v) is 11.8. The van der Waals surface area contributed by atoms with Crippen molar-refractivity contribution in [2.24, 2.45) is 0 Å². The number of hydrogen-bond acceptors (Lipinski definition) is 5. The van der Waals surface area contributed by atoms with Crippen LogP contribution in [0, 0.1) is 17.5 Å². The normalized spacial score (nSPS) is 11.7. The van der Waals surface area contributed by atoms with Gasteiger partial charge in [-0.15, -0.1) is 5.10 Å². The van der Waals surface area contributed by atoms with Gasteiger partial charge in [0.15, 0.2) is 38.0 Å². The SMILES string of the molecule is CNc1nn(-c2cc(F)c(F)c(F)c2)c(N)c1S(C)(=O)=O. The van der Waals surface area contributed by atoms with E-state index in [0.29, 0.717) is 12.1 Å². The minimum Gasteiger partial charge on any atom is -0.382 e. The monoisotopic (exact) mass is 320 g/mol. The van der Waals surface area contributed by atoms with Crippen molar-refractivity contribution < 1.29 is 21.6 Å². The van der Waals surface area contributed by atoms with Crippen molar-refractivity contribution in [2.45, 2.75) is 4.90 Å². The molecule has 1 heterocycles. The first-order valence-electron chi connectivity index (χ1n) is 5.58. The summed E-state index contributed by atoms with van der Waals surface area (Å²) < 4.78 is 63.6. The van der Waals surface area contributed by atoms with Gasteiger partial charge in [0, 0.05) is 25.4 Å². The molecule has 0 fully saturated rings. The molecule has 114 valence electrons. The molecule has 0 saturated heterocycles. The highest BCUT2D eigenvalue weighted by atomic mass is 32.2. The maximum Gasteiger partial charge on any atom is 0.194 e. The van der Waals surface area contributed by atoms with Crippen molar-refractivity contribution in [1.29, 1.82) is 0 Å². The molecule has 0 unspecified atom stereocenters. The second-order valence-electron chi connectivity index (χ2n) is 4.22. The van der Waals surface area contributed by atoms with Crippen LogP contribution in [0.5, 0.6) is 0 Å². The van der Waals surface area contributed by atoms with Gasteiger partial charge in [0.25, 0.3) is 0 Å². The lowest BCUT2D eigenvalue weighted by atomic mass is 10.3. The van der Waals surface area contributed by atoms with Crippen LogP contribution >= 0.6 is 0 Å². The lowest BCUT2D eigenvalue weighted by molar-refractivity contribution is 0.446. The van der Waals surface area contributed by atoms with Crippen LogP contribution < -0.4 is 11.1 Å². The number of nitrogen functional groups attached to an aromatic ring is 1. The second kappa shape index (κ2) is 4.95. The van der Waals surface area contributed by atoms with Crippen molar-refractivity contribution in [3.63, 3.8) is 0 Å². The number of nitrogens with one attached hydrogen (secondary N) is 1. The number of aromatic nitrogens is 2. The van der Waals surface area contributed by atoms with Crippen LogP contribution in [0.2, 0.25) is 0 Å². The van der Waals surface area contributed by atoms with E-state index in [2.05, 4.69) is 10.4 Å². The molecule has 6 nitrogen and oxygen atoms in total. The third kappa shape index (κ3) is 2.53. The minimum atomic E-state index is -3.72. The highest BCUT2D eigenvalue weighted by Crippen LogP contribution is 2.30. The first-order valence-corrected chi connectivity index (χ1v) is 7.47. The van der Waals surface area contributed by atoms with Crippen LogP contribution in [0.25, 0.3) is 5.69 Å². The first kappa shape index (κ1) is 15.2. The van der Waals surface area contributed by atoms with Crippen LogP contribution in [-0.4, -0.2) is 31.5 Å². The molecule has 0 atom stereocenters. The average molecular weight is 320 g/mol. The van der Waals surface area contributed by atoms with E-state index in [0.717, 1.165) is 10.9 Å². The van der Waals surface area contributed by atoms with E-state index < -0.39 is 27.3 Å². The second-order valence-corrected chi connectivity index (χ2v) is 6.17. The predicted molar refractivity (Wildman–Crippen MR) is 70.5 cm³/mol. The molecule has 0 radical (unpaired) electrons. The Morgan fingerprint density at radius 3 is 2.14 bits per heavy atom. The summed E-state index contributed by atoms with van der Waals surface area (Å²) >= 11 is 0. The van der Waals surface area contributed by atoms with Crippen LogP contribution in [-0.2, 0) is 9.84 Å². The highest BCUT2D eigenvalue weighted by molar-refractivity contribution is 7.91. The zero-order valence-electron chi connectivity index (χ0n) is 11.0. The first-order chi connectivity index (χ1) is 9.66. The highest BCUT2D eigenvalue weighted by Gasteiger charge is 2.25. The summed E-state index contributed by atoms with van der Waals surface area (Å²) in [5, 5.41) is 6.34. The quantitative estimate of drug-likeness (QED) is 0.833.